The van der Waals surface area contributed by atoms with Crippen LogP contribution in [0.3, 0.4) is 0 Å². The minimum atomic E-state index is -0.891. The van der Waals surface area contributed by atoms with Gasteiger partial charge in [-0.15, -0.1) is 0 Å². The maximum atomic E-state index is 10.2. The lowest BCUT2D eigenvalue weighted by Crippen LogP contribution is -2.56. The molecule has 3 N–H and O–H groups in total. The highest BCUT2D eigenvalue weighted by atomic mass is 16.5. The fourth-order valence-electron chi connectivity index (χ4n) is 6.76. The first-order chi connectivity index (χ1) is 21.1. The minimum absolute atomic E-state index is 0.0160. The molecule has 1 aromatic heterocycles. The molecule has 0 amide bonds. The number of aromatic nitrogens is 3. The highest BCUT2D eigenvalue weighted by molar-refractivity contribution is 5.64. The smallest absolute Gasteiger partial charge is 0.230 e. The number of hydrogen-bond donors (Lipinski definition) is 3. The van der Waals surface area contributed by atoms with Crippen molar-refractivity contribution in [2.24, 2.45) is 5.92 Å². The number of fused-ring (bicyclic) bond motifs is 2. The van der Waals surface area contributed by atoms with E-state index in [0.717, 1.165) is 64.5 Å². The average molecular weight is 585 g/mol. The van der Waals surface area contributed by atoms with Gasteiger partial charge in [0.05, 0.1) is 31.4 Å². The summed E-state index contributed by atoms with van der Waals surface area (Å²) in [5.74, 6) is 1.77. The monoisotopic (exact) mass is 584 g/mol. The molecule has 12 nitrogen and oxygen atoms in total. The number of ether oxygens (including phenoxy) is 2. The molecule has 4 unspecified atom stereocenters. The first kappa shape index (κ1) is 27.9. The second-order valence-electron chi connectivity index (χ2n) is 11.8. The fraction of sp³-hybridized carbons (Fsp3) is 0.484. The second kappa shape index (κ2) is 12.0. The van der Waals surface area contributed by atoms with Gasteiger partial charge in [-0.25, -0.2) is 9.97 Å². The van der Waals surface area contributed by atoms with Gasteiger partial charge >= 0.3 is 0 Å². The maximum Gasteiger partial charge on any atom is 0.230 e. The van der Waals surface area contributed by atoms with E-state index in [1.807, 2.05) is 23.1 Å². The van der Waals surface area contributed by atoms with Crippen LogP contribution in [-0.4, -0.2) is 112 Å². The third-order valence-corrected chi connectivity index (χ3v) is 9.16. The summed E-state index contributed by atoms with van der Waals surface area (Å²) in [5.41, 5.74) is 3.14. The van der Waals surface area contributed by atoms with Gasteiger partial charge in [-0.2, -0.15) is 10.2 Å². The third kappa shape index (κ3) is 5.74. The molecule has 1 saturated carbocycles. The Hall–Kier alpha value is -3.86. The average Bonchev–Trinajstić information content (AvgIpc) is 3.62. The predicted octanol–water partition coefficient (Wildman–Crippen LogP) is 1.83. The minimum Gasteiger partial charge on any atom is -0.487 e. The van der Waals surface area contributed by atoms with E-state index in [2.05, 4.69) is 48.3 Å². The third-order valence-electron chi connectivity index (χ3n) is 9.16. The largest absolute Gasteiger partial charge is 0.487 e. The van der Waals surface area contributed by atoms with Gasteiger partial charge in [0, 0.05) is 55.7 Å². The Morgan fingerprint density at radius 1 is 1.07 bits per heavy atom. The first-order valence-corrected chi connectivity index (χ1v) is 15.0. The summed E-state index contributed by atoms with van der Waals surface area (Å²) >= 11 is 0. The number of rotatable bonds is 9. The second-order valence-corrected chi connectivity index (χ2v) is 11.8. The molecule has 3 aromatic rings. The summed E-state index contributed by atoms with van der Waals surface area (Å²) in [5, 5.41) is 32.8. The molecule has 2 aromatic carbocycles. The number of nitriles is 1. The zero-order valence-corrected chi connectivity index (χ0v) is 23.9. The Kier molecular flexibility index (Phi) is 7.81. The Bertz CT molecular complexity index is 1470. The predicted molar refractivity (Wildman–Crippen MR) is 159 cm³/mol. The summed E-state index contributed by atoms with van der Waals surface area (Å²) in [6, 6.07) is 16.5. The molecule has 1 aliphatic carbocycles. The summed E-state index contributed by atoms with van der Waals surface area (Å²) < 4.78 is 11.6. The summed E-state index contributed by atoms with van der Waals surface area (Å²) in [6.45, 7) is 6.27. The summed E-state index contributed by atoms with van der Waals surface area (Å²) in [6.07, 6.45) is 2.20. The lowest BCUT2D eigenvalue weighted by Gasteiger charge is -2.43. The van der Waals surface area contributed by atoms with Gasteiger partial charge in [-0.05, 0) is 61.2 Å². The molecular weight excluding hydrogens is 548 g/mol. The fourth-order valence-corrected chi connectivity index (χ4v) is 6.76. The van der Waals surface area contributed by atoms with Crippen LogP contribution in [0.4, 0.5) is 17.3 Å². The number of aliphatic hydroxyl groups excluding tert-OH is 2. The Balaban J connectivity index is 0.995. The molecule has 3 aliphatic heterocycles. The molecule has 4 fully saturated rings. The zero-order chi connectivity index (χ0) is 29.3. The van der Waals surface area contributed by atoms with Crippen molar-refractivity contribution in [2.45, 2.75) is 37.3 Å². The molecule has 7 rings (SSSR count). The Morgan fingerprint density at radius 2 is 1.88 bits per heavy atom. The first-order valence-electron chi connectivity index (χ1n) is 15.0. The van der Waals surface area contributed by atoms with Crippen molar-refractivity contribution >= 4 is 17.3 Å². The van der Waals surface area contributed by atoms with Crippen LogP contribution in [0.1, 0.15) is 18.4 Å². The van der Waals surface area contributed by atoms with Crippen LogP contribution in [0.15, 0.2) is 48.8 Å². The standard InChI is InChI=1S/C31H36N8O4/c32-14-22-13-21(1-6-27(22)43-28-12-20-11-26(28)39(15-20)29(41)16-40)30-33-19-34-31(36-30)35-23-2-4-24(5-3-23)37-7-9-38(10-8-37)25-17-42-18-25/h1-6,13,19-20,25-26,28-29,40-41H,7-12,15-18H2,(H,33,34,35,36). The number of benzene rings is 2. The van der Waals surface area contributed by atoms with E-state index in [-0.39, 0.29) is 18.8 Å². The number of hydrogen-bond acceptors (Lipinski definition) is 12. The van der Waals surface area contributed by atoms with Crippen molar-refractivity contribution in [3.8, 4) is 23.2 Å². The van der Waals surface area contributed by atoms with Crippen LogP contribution in [0.25, 0.3) is 11.4 Å². The topological polar surface area (TPSA) is 143 Å². The van der Waals surface area contributed by atoms with Gasteiger partial charge in [0.25, 0.3) is 0 Å². The van der Waals surface area contributed by atoms with E-state index in [1.165, 1.54) is 12.0 Å². The molecule has 2 bridgehead atoms. The molecule has 0 radical (unpaired) electrons. The molecular formula is C31H36N8O4. The lowest BCUT2D eigenvalue weighted by atomic mass is 10.1. The van der Waals surface area contributed by atoms with Crippen molar-refractivity contribution in [2.75, 3.05) is 62.8 Å². The highest BCUT2D eigenvalue weighted by Crippen LogP contribution is 2.41. The SMILES string of the molecule is N#Cc1cc(-c2ncnc(Nc3ccc(N4CCN(C5COC5)CC4)cc3)n2)ccc1OC1CC2CC1N(C(O)CO)C2. The summed E-state index contributed by atoms with van der Waals surface area (Å²) in [4.78, 5) is 20.1. The van der Waals surface area contributed by atoms with Crippen LogP contribution in [-0.2, 0) is 4.74 Å². The summed E-state index contributed by atoms with van der Waals surface area (Å²) in [7, 11) is 0. The van der Waals surface area contributed by atoms with Crippen LogP contribution < -0.4 is 15.0 Å². The van der Waals surface area contributed by atoms with E-state index >= 15 is 0 Å². The van der Waals surface area contributed by atoms with Gasteiger partial charge in [-0.1, -0.05) is 0 Å². The van der Waals surface area contributed by atoms with Gasteiger partial charge in [0.15, 0.2) is 5.82 Å². The molecule has 0 spiro atoms. The van der Waals surface area contributed by atoms with Gasteiger partial charge in [-0.3, -0.25) is 9.80 Å². The number of piperidine rings is 1. The Morgan fingerprint density at radius 3 is 2.58 bits per heavy atom. The molecule has 12 heteroatoms. The number of piperazine rings is 1. The van der Waals surface area contributed by atoms with E-state index in [0.29, 0.717) is 40.6 Å². The molecule has 4 atom stereocenters. The quantitative estimate of drug-likeness (QED) is 0.338. The van der Waals surface area contributed by atoms with Crippen molar-refractivity contribution in [1.82, 2.24) is 24.8 Å². The molecule has 3 saturated heterocycles. The highest BCUT2D eigenvalue weighted by Gasteiger charge is 2.48. The lowest BCUT2D eigenvalue weighted by molar-refractivity contribution is -0.0730. The molecule has 4 heterocycles. The number of anilines is 3. The zero-order valence-electron chi connectivity index (χ0n) is 23.9. The molecule has 224 valence electrons. The number of aliphatic hydroxyl groups is 2. The van der Waals surface area contributed by atoms with Crippen LogP contribution in [0.5, 0.6) is 5.75 Å². The van der Waals surface area contributed by atoms with Crippen molar-refractivity contribution < 1.29 is 19.7 Å². The van der Waals surface area contributed by atoms with Crippen LogP contribution in [0, 0.1) is 17.2 Å². The van der Waals surface area contributed by atoms with E-state index in [4.69, 9.17) is 9.47 Å². The van der Waals surface area contributed by atoms with Crippen LogP contribution in [0.2, 0.25) is 0 Å². The number of nitrogens with zero attached hydrogens (tertiary/aromatic N) is 7. The van der Waals surface area contributed by atoms with Gasteiger partial charge in [0.2, 0.25) is 5.95 Å². The van der Waals surface area contributed by atoms with Crippen LogP contribution >= 0.6 is 0 Å². The molecule has 43 heavy (non-hydrogen) atoms. The number of nitrogens with one attached hydrogen (secondary N) is 1. The van der Waals surface area contributed by atoms with Crippen molar-refractivity contribution in [3.63, 3.8) is 0 Å². The van der Waals surface area contributed by atoms with E-state index in [1.54, 1.807) is 12.1 Å². The Labute approximate surface area is 250 Å². The van der Waals surface area contributed by atoms with E-state index < -0.39 is 6.23 Å². The van der Waals surface area contributed by atoms with E-state index in [9.17, 15) is 15.5 Å². The number of likely N-dealkylation sites (tertiary alicyclic amines) is 1. The van der Waals surface area contributed by atoms with Crippen molar-refractivity contribution in [3.05, 3.63) is 54.4 Å². The van der Waals surface area contributed by atoms with Crippen molar-refractivity contribution in [1.29, 1.82) is 5.26 Å². The normalized spacial score (nSPS) is 24.9. The van der Waals surface area contributed by atoms with Gasteiger partial charge < -0.3 is 29.9 Å². The molecule has 4 aliphatic rings. The van der Waals surface area contributed by atoms with Gasteiger partial charge in [0.1, 0.15) is 30.5 Å². The maximum absolute atomic E-state index is 10.2.